The molecule has 3 atom stereocenters. The average molecular weight is 637 g/mol. The number of carbonyl (C=O) groups excluding carboxylic acids is 2. The smallest absolute Gasteiger partial charge is 0.251 e. The molecule has 0 bridgehead atoms. The Bertz CT molecular complexity index is 1560. The minimum absolute atomic E-state index is 0.196. The van der Waals surface area contributed by atoms with E-state index in [4.69, 9.17) is 4.74 Å². The Morgan fingerprint density at radius 1 is 0.911 bits per heavy atom. The molecule has 2 N–H and O–H groups in total. The first kappa shape index (κ1) is 32.6. The maximum absolute atomic E-state index is 13.6. The molecular formula is C34H41FN4O5S. The minimum atomic E-state index is -3.33. The van der Waals surface area contributed by atoms with Crippen molar-refractivity contribution < 1.29 is 27.1 Å². The van der Waals surface area contributed by atoms with E-state index >= 15 is 0 Å². The number of halogens is 1. The largest absolute Gasteiger partial charge is 0.497 e. The third-order valence-corrected chi connectivity index (χ3v) is 9.91. The predicted molar refractivity (Wildman–Crippen MR) is 172 cm³/mol. The molecule has 1 aliphatic carbocycles. The molecule has 11 heteroatoms. The van der Waals surface area contributed by atoms with Gasteiger partial charge in [-0.05, 0) is 85.3 Å². The van der Waals surface area contributed by atoms with E-state index in [9.17, 15) is 22.4 Å². The predicted octanol–water partition coefficient (Wildman–Crippen LogP) is 4.02. The summed E-state index contributed by atoms with van der Waals surface area (Å²) >= 11 is 0. The normalized spacial score (nSPS) is 19.1. The van der Waals surface area contributed by atoms with E-state index in [2.05, 4.69) is 10.6 Å². The van der Waals surface area contributed by atoms with E-state index in [1.807, 2.05) is 48.5 Å². The molecule has 1 aliphatic heterocycles. The van der Waals surface area contributed by atoms with Crippen LogP contribution < -0.4 is 15.4 Å². The summed E-state index contributed by atoms with van der Waals surface area (Å²) in [6, 6.07) is 21.2. The van der Waals surface area contributed by atoms with Gasteiger partial charge in [-0.1, -0.05) is 36.4 Å². The summed E-state index contributed by atoms with van der Waals surface area (Å²) in [6.07, 6.45) is 4.20. The van der Waals surface area contributed by atoms with Crippen molar-refractivity contribution in [3.8, 4) is 16.9 Å². The van der Waals surface area contributed by atoms with Crippen molar-refractivity contribution >= 4 is 21.8 Å². The van der Waals surface area contributed by atoms with Crippen molar-refractivity contribution in [2.45, 2.75) is 43.7 Å². The highest BCUT2D eigenvalue weighted by Gasteiger charge is 2.37. The van der Waals surface area contributed by atoms with Gasteiger partial charge < -0.3 is 20.3 Å². The van der Waals surface area contributed by atoms with Crippen molar-refractivity contribution in [1.82, 2.24) is 19.8 Å². The monoisotopic (exact) mass is 636 g/mol. The van der Waals surface area contributed by atoms with Crippen LogP contribution in [0.1, 0.15) is 47.5 Å². The Hall–Kier alpha value is -3.80. The maximum Gasteiger partial charge on any atom is 0.251 e. The number of unbranched alkanes of at least 4 members (excludes halogenated alkanes) is 1. The SMILES string of the molecule is COc1ccc(-c2ccc(C(=O)N[C@@H](CCCCN[C@H]3C[C@@H]3c3ccc(F)cc3)C(=O)N3CCN(S(C)(=O)=O)CC3)cc2)cc1. The van der Waals surface area contributed by atoms with Gasteiger partial charge in [-0.3, -0.25) is 9.59 Å². The number of methoxy groups -OCH3 is 1. The fraction of sp³-hybridized carbons (Fsp3) is 0.412. The molecule has 45 heavy (non-hydrogen) atoms. The van der Waals surface area contributed by atoms with Gasteiger partial charge in [-0.2, -0.15) is 4.31 Å². The third-order valence-electron chi connectivity index (χ3n) is 8.61. The second-order valence-corrected chi connectivity index (χ2v) is 13.8. The lowest BCUT2D eigenvalue weighted by Gasteiger charge is -2.35. The Kier molecular flexibility index (Phi) is 10.5. The highest BCUT2D eigenvalue weighted by molar-refractivity contribution is 7.88. The van der Waals surface area contributed by atoms with Crippen LogP contribution in [0.4, 0.5) is 4.39 Å². The van der Waals surface area contributed by atoms with E-state index in [-0.39, 0.29) is 43.8 Å². The standard InChI is InChI=1S/C34H41FN4O5S/c1-44-29-16-12-25(13-17-29)24-6-8-27(9-7-24)33(40)37-31(34(41)38-19-21-39(22-20-38)45(2,42)43)5-3-4-18-36-32-23-30(32)26-10-14-28(35)15-11-26/h6-17,30-32,36H,3-5,18-23H2,1-2H3,(H,37,40)/t30-,31+,32+/m1/s1. The summed E-state index contributed by atoms with van der Waals surface area (Å²) in [4.78, 5) is 28.6. The van der Waals surface area contributed by atoms with Gasteiger partial charge in [0.1, 0.15) is 17.6 Å². The first-order chi connectivity index (χ1) is 21.6. The molecule has 3 aromatic rings. The second kappa shape index (κ2) is 14.5. The lowest BCUT2D eigenvalue weighted by Crippen LogP contribution is -2.55. The fourth-order valence-corrected chi connectivity index (χ4v) is 6.64. The molecule has 3 aromatic carbocycles. The number of rotatable bonds is 13. The second-order valence-electron chi connectivity index (χ2n) is 11.8. The minimum Gasteiger partial charge on any atom is -0.497 e. The number of amides is 2. The van der Waals surface area contributed by atoms with Gasteiger partial charge >= 0.3 is 0 Å². The van der Waals surface area contributed by atoms with E-state index in [1.165, 1.54) is 22.7 Å². The van der Waals surface area contributed by atoms with Crippen LogP contribution in [-0.4, -0.2) is 87.6 Å². The summed E-state index contributed by atoms with van der Waals surface area (Å²) in [5, 5.41) is 6.51. The lowest BCUT2D eigenvalue weighted by molar-refractivity contribution is -0.134. The molecule has 0 unspecified atom stereocenters. The van der Waals surface area contributed by atoms with Crippen LogP contribution in [-0.2, 0) is 14.8 Å². The fourth-order valence-electron chi connectivity index (χ4n) is 5.82. The first-order valence-corrected chi connectivity index (χ1v) is 17.3. The number of carbonyl (C=O) groups is 2. The zero-order valence-electron chi connectivity index (χ0n) is 25.7. The molecular weight excluding hydrogens is 595 g/mol. The van der Waals surface area contributed by atoms with Crippen LogP contribution in [0, 0.1) is 5.82 Å². The molecule has 240 valence electrons. The van der Waals surface area contributed by atoms with Gasteiger partial charge in [0.25, 0.3) is 5.91 Å². The van der Waals surface area contributed by atoms with E-state index in [0.717, 1.165) is 48.2 Å². The quantitative estimate of drug-likeness (QED) is 0.275. The van der Waals surface area contributed by atoms with E-state index in [0.29, 0.717) is 23.9 Å². The molecule has 1 saturated heterocycles. The van der Waals surface area contributed by atoms with Gasteiger partial charge in [0.15, 0.2) is 0 Å². The van der Waals surface area contributed by atoms with Gasteiger partial charge in [-0.25, -0.2) is 12.8 Å². The van der Waals surface area contributed by atoms with Crippen LogP contribution in [0.25, 0.3) is 11.1 Å². The summed E-state index contributed by atoms with van der Waals surface area (Å²) in [6.45, 7) is 1.81. The molecule has 0 radical (unpaired) electrons. The number of benzene rings is 3. The molecule has 5 rings (SSSR count). The zero-order valence-corrected chi connectivity index (χ0v) is 26.6. The highest BCUT2D eigenvalue weighted by Crippen LogP contribution is 2.40. The summed E-state index contributed by atoms with van der Waals surface area (Å²) in [5.41, 5.74) is 3.53. The topological polar surface area (TPSA) is 108 Å². The average Bonchev–Trinajstić information content (AvgIpc) is 3.83. The number of sulfonamides is 1. The number of piperazine rings is 1. The summed E-state index contributed by atoms with van der Waals surface area (Å²) < 4.78 is 43.7. The Labute approximate surface area is 264 Å². The van der Waals surface area contributed by atoms with Gasteiger partial charge in [0.2, 0.25) is 15.9 Å². The number of nitrogens with zero attached hydrogens (tertiary/aromatic N) is 2. The summed E-state index contributed by atoms with van der Waals surface area (Å²) in [7, 11) is -1.71. The van der Waals surface area contributed by atoms with E-state index in [1.54, 1.807) is 24.1 Å². The van der Waals surface area contributed by atoms with Crippen molar-refractivity contribution in [3.63, 3.8) is 0 Å². The zero-order chi connectivity index (χ0) is 32.0. The highest BCUT2D eigenvalue weighted by atomic mass is 32.2. The molecule has 0 aromatic heterocycles. The molecule has 2 fully saturated rings. The molecule has 2 aliphatic rings. The van der Waals surface area contributed by atoms with Crippen LogP contribution >= 0.6 is 0 Å². The Morgan fingerprint density at radius 2 is 1.53 bits per heavy atom. The first-order valence-electron chi connectivity index (χ1n) is 15.4. The number of ether oxygens (including phenoxy) is 1. The van der Waals surface area contributed by atoms with Gasteiger partial charge in [0.05, 0.1) is 13.4 Å². The molecule has 1 saturated carbocycles. The van der Waals surface area contributed by atoms with Crippen molar-refractivity contribution in [3.05, 3.63) is 89.7 Å². The van der Waals surface area contributed by atoms with Gasteiger partial charge in [-0.15, -0.1) is 0 Å². The number of hydrogen-bond acceptors (Lipinski definition) is 6. The molecule has 2 amide bonds. The molecule has 9 nitrogen and oxygen atoms in total. The third kappa shape index (κ3) is 8.68. The number of nitrogens with one attached hydrogen (secondary N) is 2. The van der Waals surface area contributed by atoms with Crippen LogP contribution in [0.3, 0.4) is 0 Å². The maximum atomic E-state index is 13.6. The summed E-state index contributed by atoms with van der Waals surface area (Å²) in [5.74, 6) is 0.394. The Morgan fingerprint density at radius 3 is 2.13 bits per heavy atom. The van der Waals surface area contributed by atoms with Crippen LogP contribution in [0.2, 0.25) is 0 Å². The van der Waals surface area contributed by atoms with E-state index < -0.39 is 16.1 Å². The Balaban J connectivity index is 1.17. The van der Waals surface area contributed by atoms with Crippen molar-refractivity contribution in [1.29, 1.82) is 0 Å². The molecule has 1 heterocycles. The number of hydrogen-bond donors (Lipinski definition) is 2. The lowest BCUT2D eigenvalue weighted by atomic mass is 10.0. The van der Waals surface area contributed by atoms with Crippen LogP contribution in [0.15, 0.2) is 72.8 Å². The molecule has 0 spiro atoms. The van der Waals surface area contributed by atoms with Crippen LogP contribution in [0.5, 0.6) is 5.75 Å². The van der Waals surface area contributed by atoms with Gasteiger partial charge in [0, 0.05) is 43.7 Å². The van der Waals surface area contributed by atoms with Crippen molar-refractivity contribution in [2.24, 2.45) is 0 Å². The van der Waals surface area contributed by atoms with Crippen molar-refractivity contribution in [2.75, 3.05) is 46.1 Å².